The largest absolute Gasteiger partial charge is 0.334 e. The molecule has 0 aromatic heterocycles. The fraction of sp³-hybridized carbons (Fsp3) is 0.562. The number of carbonyl (C=O) groups is 1. The zero-order valence-electron chi connectivity index (χ0n) is 11.2. The number of halogens is 1. The molecule has 1 unspecified atom stereocenters. The van der Waals surface area contributed by atoms with Crippen LogP contribution < -0.4 is 0 Å². The lowest BCUT2D eigenvalue weighted by Crippen LogP contribution is -2.44. The van der Waals surface area contributed by atoms with Crippen LogP contribution >= 0.6 is 11.6 Å². The molecule has 1 aromatic carbocycles. The van der Waals surface area contributed by atoms with Crippen LogP contribution in [-0.4, -0.2) is 29.3 Å². The second-order valence-corrected chi connectivity index (χ2v) is 5.95. The van der Waals surface area contributed by atoms with Gasteiger partial charge in [0.25, 0.3) is 5.91 Å². The van der Waals surface area contributed by atoms with Crippen LogP contribution in [-0.2, 0) is 12.8 Å². The van der Waals surface area contributed by atoms with Crippen LogP contribution in [0.2, 0.25) is 0 Å². The molecule has 1 amide bonds. The van der Waals surface area contributed by atoms with Crippen molar-refractivity contribution >= 4 is 17.5 Å². The Morgan fingerprint density at radius 3 is 2.89 bits per heavy atom. The molecule has 2 nitrogen and oxygen atoms in total. The molecule has 19 heavy (non-hydrogen) atoms. The van der Waals surface area contributed by atoms with Crippen molar-refractivity contribution in [1.82, 2.24) is 4.90 Å². The molecule has 102 valence electrons. The van der Waals surface area contributed by atoms with Crippen LogP contribution in [0.1, 0.15) is 47.2 Å². The number of piperidine rings is 1. The van der Waals surface area contributed by atoms with Gasteiger partial charge in [-0.2, -0.15) is 0 Å². The molecule has 1 aliphatic carbocycles. The maximum absolute atomic E-state index is 12.6. The fourth-order valence-corrected chi connectivity index (χ4v) is 3.62. The van der Waals surface area contributed by atoms with E-state index in [0.717, 1.165) is 37.8 Å². The Balaban J connectivity index is 1.82. The molecule has 1 aromatic rings. The summed E-state index contributed by atoms with van der Waals surface area (Å²) >= 11 is 6.01. The van der Waals surface area contributed by atoms with Gasteiger partial charge in [0.1, 0.15) is 0 Å². The average Bonchev–Trinajstić information content (AvgIpc) is 2.93. The van der Waals surface area contributed by atoms with Crippen molar-refractivity contribution in [3.8, 4) is 0 Å². The number of benzene rings is 1. The molecule has 3 heteroatoms. The monoisotopic (exact) mass is 277 g/mol. The molecule has 0 radical (unpaired) electrons. The predicted octanol–water partition coefficient (Wildman–Crippen LogP) is 3.41. The lowest BCUT2D eigenvalue weighted by atomic mass is 10.0. The van der Waals surface area contributed by atoms with Crippen molar-refractivity contribution < 1.29 is 4.79 Å². The van der Waals surface area contributed by atoms with Gasteiger partial charge < -0.3 is 4.90 Å². The molecule has 1 atom stereocenters. The maximum Gasteiger partial charge on any atom is 0.254 e. The highest BCUT2D eigenvalue weighted by atomic mass is 35.5. The highest BCUT2D eigenvalue weighted by molar-refractivity contribution is 6.18. The van der Waals surface area contributed by atoms with E-state index in [1.807, 2.05) is 11.0 Å². The highest BCUT2D eigenvalue weighted by Gasteiger charge is 2.27. The Bertz CT molecular complexity index is 486. The first kappa shape index (κ1) is 13.0. The first-order valence-corrected chi connectivity index (χ1v) is 7.82. The smallest absolute Gasteiger partial charge is 0.254 e. The van der Waals surface area contributed by atoms with E-state index in [-0.39, 0.29) is 11.9 Å². The van der Waals surface area contributed by atoms with E-state index in [0.29, 0.717) is 5.88 Å². The zero-order valence-corrected chi connectivity index (χ0v) is 12.0. The number of fused-ring (bicyclic) bond motifs is 1. The van der Waals surface area contributed by atoms with E-state index >= 15 is 0 Å². The van der Waals surface area contributed by atoms with Gasteiger partial charge in [0.15, 0.2) is 0 Å². The molecule has 1 saturated heterocycles. The third-order valence-electron chi connectivity index (χ3n) is 4.41. The van der Waals surface area contributed by atoms with Crippen LogP contribution in [0.25, 0.3) is 0 Å². The number of amides is 1. The molecular formula is C16H20ClNO. The van der Waals surface area contributed by atoms with E-state index < -0.39 is 0 Å². The molecule has 0 bridgehead atoms. The molecule has 0 N–H and O–H groups in total. The number of rotatable bonds is 2. The lowest BCUT2D eigenvalue weighted by molar-refractivity contribution is 0.0639. The SMILES string of the molecule is O=C(c1ccc2c(c1)CCC2)N1CCCCC1CCl. The van der Waals surface area contributed by atoms with Crippen molar-refractivity contribution in [2.45, 2.75) is 44.6 Å². The summed E-state index contributed by atoms with van der Waals surface area (Å²) in [4.78, 5) is 14.6. The van der Waals surface area contributed by atoms with Crippen molar-refractivity contribution in [2.24, 2.45) is 0 Å². The third-order valence-corrected chi connectivity index (χ3v) is 4.77. The van der Waals surface area contributed by atoms with Crippen molar-refractivity contribution in [3.63, 3.8) is 0 Å². The fourth-order valence-electron chi connectivity index (χ4n) is 3.30. The summed E-state index contributed by atoms with van der Waals surface area (Å²) in [6, 6.07) is 6.45. The number of nitrogens with zero attached hydrogens (tertiary/aromatic N) is 1. The topological polar surface area (TPSA) is 20.3 Å². The van der Waals surface area contributed by atoms with Gasteiger partial charge >= 0.3 is 0 Å². The van der Waals surface area contributed by atoms with E-state index in [1.54, 1.807) is 0 Å². The summed E-state index contributed by atoms with van der Waals surface area (Å²) in [6.45, 7) is 0.854. The number of alkyl halides is 1. The van der Waals surface area contributed by atoms with Gasteiger partial charge in [-0.05, 0) is 61.8 Å². The molecule has 1 heterocycles. The predicted molar refractivity (Wildman–Crippen MR) is 77.9 cm³/mol. The molecule has 2 aliphatic rings. The summed E-state index contributed by atoms with van der Waals surface area (Å²) in [7, 11) is 0. The number of carbonyl (C=O) groups excluding carboxylic acids is 1. The minimum Gasteiger partial charge on any atom is -0.334 e. The number of likely N-dealkylation sites (tertiary alicyclic amines) is 1. The third kappa shape index (κ3) is 2.51. The van der Waals surface area contributed by atoms with Crippen LogP contribution in [0.4, 0.5) is 0 Å². The second-order valence-electron chi connectivity index (χ2n) is 5.64. The standard InChI is InChI=1S/C16H20ClNO/c17-11-15-6-1-2-9-18(15)16(19)14-8-7-12-4-3-5-13(12)10-14/h7-8,10,15H,1-6,9,11H2. The van der Waals surface area contributed by atoms with Gasteiger partial charge in [0, 0.05) is 24.0 Å². The van der Waals surface area contributed by atoms with Gasteiger partial charge in [-0.1, -0.05) is 6.07 Å². The minimum atomic E-state index is 0.167. The highest BCUT2D eigenvalue weighted by Crippen LogP contribution is 2.25. The van der Waals surface area contributed by atoms with Gasteiger partial charge in [-0.15, -0.1) is 11.6 Å². The van der Waals surface area contributed by atoms with E-state index in [2.05, 4.69) is 12.1 Å². The van der Waals surface area contributed by atoms with Crippen LogP contribution in [0.3, 0.4) is 0 Å². The van der Waals surface area contributed by atoms with E-state index in [9.17, 15) is 4.79 Å². The van der Waals surface area contributed by atoms with Gasteiger partial charge in [0.05, 0.1) is 0 Å². The number of hydrogen-bond donors (Lipinski definition) is 0. The molecule has 1 aliphatic heterocycles. The molecule has 0 saturated carbocycles. The van der Waals surface area contributed by atoms with Crippen LogP contribution in [0.15, 0.2) is 18.2 Å². The number of hydrogen-bond acceptors (Lipinski definition) is 1. The number of aryl methyl sites for hydroxylation is 2. The molecule has 0 spiro atoms. The van der Waals surface area contributed by atoms with Crippen molar-refractivity contribution in [2.75, 3.05) is 12.4 Å². The maximum atomic E-state index is 12.6. The Morgan fingerprint density at radius 2 is 2.05 bits per heavy atom. The summed E-state index contributed by atoms with van der Waals surface area (Å²) < 4.78 is 0. The lowest BCUT2D eigenvalue weighted by Gasteiger charge is -2.34. The van der Waals surface area contributed by atoms with Crippen molar-refractivity contribution in [1.29, 1.82) is 0 Å². The Kier molecular flexibility index (Phi) is 3.79. The van der Waals surface area contributed by atoms with Gasteiger partial charge in [-0.25, -0.2) is 0 Å². The normalized spacial score (nSPS) is 22.4. The summed E-state index contributed by atoms with van der Waals surface area (Å²) in [5.74, 6) is 0.719. The first-order chi connectivity index (χ1) is 9.29. The minimum absolute atomic E-state index is 0.167. The summed E-state index contributed by atoms with van der Waals surface area (Å²) in [5.41, 5.74) is 3.63. The summed E-state index contributed by atoms with van der Waals surface area (Å²) in [6.07, 6.45) is 6.84. The Labute approximate surface area is 119 Å². The first-order valence-electron chi connectivity index (χ1n) is 7.28. The average molecular weight is 278 g/mol. The summed E-state index contributed by atoms with van der Waals surface area (Å²) in [5, 5.41) is 0. The van der Waals surface area contributed by atoms with Crippen LogP contribution in [0.5, 0.6) is 0 Å². The Hall–Kier alpha value is -1.02. The zero-order chi connectivity index (χ0) is 13.2. The second kappa shape index (κ2) is 5.54. The molecular weight excluding hydrogens is 258 g/mol. The van der Waals surface area contributed by atoms with E-state index in [4.69, 9.17) is 11.6 Å². The van der Waals surface area contributed by atoms with Gasteiger partial charge in [0.2, 0.25) is 0 Å². The van der Waals surface area contributed by atoms with Crippen molar-refractivity contribution in [3.05, 3.63) is 34.9 Å². The quantitative estimate of drug-likeness (QED) is 0.759. The van der Waals surface area contributed by atoms with Crippen LogP contribution in [0, 0.1) is 0 Å². The Morgan fingerprint density at radius 1 is 1.21 bits per heavy atom. The van der Waals surface area contributed by atoms with E-state index in [1.165, 1.54) is 24.0 Å². The molecule has 3 rings (SSSR count). The molecule has 1 fully saturated rings. The van der Waals surface area contributed by atoms with Gasteiger partial charge in [-0.3, -0.25) is 4.79 Å².